The zero-order chi connectivity index (χ0) is 23.0. The van der Waals surface area contributed by atoms with Gasteiger partial charge in [0.2, 0.25) is 0 Å². The summed E-state index contributed by atoms with van der Waals surface area (Å²) in [6.07, 6.45) is 7.45. The van der Waals surface area contributed by atoms with E-state index >= 15 is 0 Å². The van der Waals surface area contributed by atoms with Gasteiger partial charge in [-0.05, 0) is 36.8 Å². The second kappa shape index (κ2) is 8.49. The van der Waals surface area contributed by atoms with Crippen molar-refractivity contribution < 1.29 is 9.26 Å². The maximum Gasteiger partial charge on any atom is 0.256 e. The van der Waals surface area contributed by atoms with Crippen LogP contribution in [-0.4, -0.2) is 47.2 Å². The minimum absolute atomic E-state index is 0.233. The highest BCUT2D eigenvalue weighted by Crippen LogP contribution is 2.50. The van der Waals surface area contributed by atoms with E-state index in [0.29, 0.717) is 24.4 Å². The summed E-state index contributed by atoms with van der Waals surface area (Å²) in [5, 5.41) is 6.50. The number of benzene rings is 1. The van der Waals surface area contributed by atoms with Crippen LogP contribution in [0.3, 0.4) is 0 Å². The summed E-state index contributed by atoms with van der Waals surface area (Å²) in [4.78, 5) is 8.89. The molecule has 33 heavy (non-hydrogen) atoms. The van der Waals surface area contributed by atoms with Gasteiger partial charge in [0.25, 0.3) is 5.89 Å². The molecule has 1 aliphatic carbocycles. The van der Waals surface area contributed by atoms with Crippen LogP contribution in [0, 0.1) is 5.92 Å². The van der Waals surface area contributed by atoms with E-state index in [2.05, 4.69) is 46.2 Å². The van der Waals surface area contributed by atoms with Crippen molar-refractivity contribution in [3.63, 3.8) is 0 Å². The number of hydrogen-bond donors (Lipinski definition) is 3. The van der Waals surface area contributed by atoms with Crippen molar-refractivity contribution in [1.29, 1.82) is 0 Å². The number of hydrazine groups is 1. The van der Waals surface area contributed by atoms with Crippen LogP contribution >= 0.6 is 0 Å². The Balaban J connectivity index is 1.40. The number of aliphatic imine (C=N–C) groups is 1. The monoisotopic (exact) mass is 447 g/mol. The minimum Gasteiger partial charge on any atom is -0.404 e. The Bertz CT molecular complexity index is 1130. The molecule has 1 saturated carbocycles. The Labute approximate surface area is 192 Å². The third-order valence-corrected chi connectivity index (χ3v) is 6.69. The van der Waals surface area contributed by atoms with Crippen molar-refractivity contribution in [2.24, 2.45) is 22.4 Å². The summed E-state index contributed by atoms with van der Waals surface area (Å²) in [6, 6.07) is 8.63. The standard InChI is InChI=1S/C24H29N7O2/c1-15(26)27-10-17(9-25)16-3-5-19(6-4-16)24(2,20-7-8-20)23-29-22(33-30-23)18-11-28-31(12-18)21-13-32-14-21/h3-6,9-10,12,20-21,28H,1,7-8,11,13-14,25-26H2,2H3/b17-9+,27-10-. The molecule has 3 aliphatic rings. The molecule has 0 radical (unpaired) electrons. The summed E-state index contributed by atoms with van der Waals surface area (Å²) in [5.74, 6) is 1.99. The molecule has 0 amide bonds. The lowest BCUT2D eigenvalue weighted by molar-refractivity contribution is -0.0597. The maximum atomic E-state index is 5.79. The number of aromatic nitrogens is 2. The summed E-state index contributed by atoms with van der Waals surface area (Å²) >= 11 is 0. The average molecular weight is 448 g/mol. The van der Waals surface area contributed by atoms with Gasteiger partial charge in [0.1, 0.15) is 5.82 Å². The van der Waals surface area contributed by atoms with Gasteiger partial charge in [0.15, 0.2) is 5.82 Å². The zero-order valence-corrected chi connectivity index (χ0v) is 18.7. The van der Waals surface area contributed by atoms with Gasteiger partial charge in [-0.1, -0.05) is 36.0 Å². The third-order valence-electron chi connectivity index (χ3n) is 6.69. The van der Waals surface area contributed by atoms with E-state index in [0.717, 1.165) is 54.2 Å². The van der Waals surface area contributed by atoms with E-state index in [-0.39, 0.29) is 11.2 Å². The smallest absolute Gasteiger partial charge is 0.256 e. The van der Waals surface area contributed by atoms with Crippen molar-refractivity contribution >= 4 is 17.4 Å². The van der Waals surface area contributed by atoms with Crippen molar-refractivity contribution in [2.75, 3.05) is 19.8 Å². The van der Waals surface area contributed by atoms with Crippen LogP contribution in [0.2, 0.25) is 0 Å². The predicted octanol–water partition coefficient (Wildman–Crippen LogP) is 2.15. The highest BCUT2D eigenvalue weighted by atomic mass is 16.5. The van der Waals surface area contributed by atoms with Crippen LogP contribution in [0.25, 0.3) is 11.1 Å². The van der Waals surface area contributed by atoms with Crippen LogP contribution < -0.4 is 16.9 Å². The molecule has 1 atom stereocenters. The molecule has 5 rings (SSSR count). The minimum atomic E-state index is -0.333. The van der Waals surface area contributed by atoms with Crippen LogP contribution in [0.15, 0.2) is 58.6 Å². The van der Waals surface area contributed by atoms with Crippen molar-refractivity contribution in [3.05, 3.63) is 71.9 Å². The van der Waals surface area contributed by atoms with Crippen molar-refractivity contribution in [3.8, 4) is 0 Å². The van der Waals surface area contributed by atoms with Crippen molar-refractivity contribution in [2.45, 2.75) is 31.2 Å². The first-order valence-corrected chi connectivity index (χ1v) is 11.1. The summed E-state index contributed by atoms with van der Waals surface area (Å²) in [6.45, 7) is 7.91. The fraction of sp³-hybridized carbons (Fsp3) is 0.375. The molecule has 2 aromatic rings. The van der Waals surface area contributed by atoms with E-state index in [1.165, 1.54) is 6.20 Å². The first kappa shape index (κ1) is 21.4. The third kappa shape index (κ3) is 4.05. The molecule has 1 aromatic heterocycles. The van der Waals surface area contributed by atoms with Gasteiger partial charge >= 0.3 is 0 Å². The normalized spacial score (nSPS) is 21.2. The number of nitrogens with zero attached hydrogens (tertiary/aromatic N) is 4. The molecule has 172 valence electrons. The van der Waals surface area contributed by atoms with E-state index < -0.39 is 0 Å². The lowest BCUT2D eigenvalue weighted by Crippen LogP contribution is -2.50. The second-order valence-electron chi connectivity index (χ2n) is 8.94. The van der Waals surface area contributed by atoms with Crippen LogP contribution in [0.5, 0.6) is 0 Å². The Hall–Kier alpha value is -3.43. The van der Waals surface area contributed by atoms with Gasteiger partial charge in [0, 0.05) is 30.7 Å². The number of allylic oxidation sites excluding steroid dienone is 1. The Morgan fingerprint density at radius 2 is 2.06 bits per heavy atom. The number of nitrogens with two attached hydrogens (primary N) is 2. The van der Waals surface area contributed by atoms with Gasteiger partial charge in [0.05, 0.1) is 30.2 Å². The highest BCUT2D eigenvalue weighted by molar-refractivity contribution is 6.09. The van der Waals surface area contributed by atoms with Crippen molar-refractivity contribution in [1.82, 2.24) is 20.6 Å². The number of nitrogens with one attached hydrogen (secondary N) is 1. The first-order chi connectivity index (χ1) is 16.0. The lowest BCUT2D eigenvalue weighted by atomic mass is 9.76. The first-order valence-electron chi connectivity index (χ1n) is 11.1. The molecule has 0 bridgehead atoms. The molecular formula is C24H29N7O2. The van der Waals surface area contributed by atoms with Gasteiger partial charge in [-0.2, -0.15) is 4.98 Å². The predicted molar refractivity (Wildman–Crippen MR) is 126 cm³/mol. The van der Waals surface area contributed by atoms with Gasteiger partial charge in [-0.3, -0.25) is 0 Å². The molecule has 9 nitrogen and oxygen atoms in total. The topological polar surface area (TPSA) is 128 Å². The number of rotatable bonds is 8. The van der Waals surface area contributed by atoms with Crippen LogP contribution in [0.4, 0.5) is 0 Å². The van der Waals surface area contributed by atoms with Gasteiger partial charge < -0.3 is 25.7 Å². The Morgan fingerprint density at radius 3 is 2.67 bits per heavy atom. The molecule has 9 heteroatoms. The second-order valence-corrected chi connectivity index (χ2v) is 8.94. The SMILES string of the molecule is C=C(N)/N=C\C(=C/N)c1ccc(C(C)(c2noc(C3=CN(C4COC4)NC3)n2)C2CC2)cc1. The Kier molecular flexibility index (Phi) is 5.51. The molecule has 2 aliphatic heterocycles. The molecule has 2 fully saturated rings. The number of ether oxygens (including phenoxy) is 1. The molecule has 3 heterocycles. The van der Waals surface area contributed by atoms with Crippen LogP contribution in [-0.2, 0) is 10.2 Å². The number of hydrogen-bond acceptors (Lipinski definition) is 9. The Morgan fingerprint density at radius 1 is 1.30 bits per heavy atom. The quantitative estimate of drug-likeness (QED) is 0.525. The van der Waals surface area contributed by atoms with E-state index in [9.17, 15) is 0 Å². The summed E-state index contributed by atoms with van der Waals surface area (Å²) < 4.78 is 11.0. The summed E-state index contributed by atoms with van der Waals surface area (Å²) in [7, 11) is 0. The fourth-order valence-corrected chi connectivity index (χ4v) is 4.33. The lowest BCUT2D eigenvalue weighted by Gasteiger charge is -2.34. The summed E-state index contributed by atoms with van der Waals surface area (Å²) in [5.41, 5.74) is 18.2. The highest BCUT2D eigenvalue weighted by Gasteiger charge is 2.47. The van der Waals surface area contributed by atoms with E-state index in [1.807, 2.05) is 18.3 Å². The van der Waals surface area contributed by atoms with E-state index in [4.69, 9.17) is 25.7 Å². The van der Waals surface area contributed by atoms with Gasteiger partial charge in [-0.15, -0.1) is 0 Å². The largest absolute Gasteiger partial charge is 0.404 e. The van der Waals surface area contributed by atoms with E-state index in [1.54, 1.807) is 6.21 Å². The van der Waals surface area contributed by atoms with Crippen LogP contribution in [0.1, 0.15) is 42.6 Å². The molecule has 1 aromatic carbocycles. The molecule has 0 spiro atoms. The fourth-order valence-electron chi connectivity index (χ4n) is 4.33. The van der Waals surface area contributed by atoms with Gasteiger partial charge in [-0.25, -0.2) is 10.4 Å². The maximum absolute atomic E-state index is 5.79. The zero-order valence-electron chi connectivity index (χ0n) is 18.7. The molecule has 1 saturated heterocycles. The molecular weight excluding hydrogens is 418 g/mol. The molecule has 1 unspecified atom stereocenters. The molecule has 5 N–H and O–H groups in total. The average Bonchev–Trinajstić information content (AvgIpc) is 3.33.